The first-order valence-corrected chi connectivity index (χ1v) is 7.17. The molecular formula is C15H19F3N2O2. The summed E-state index contributed by atoms with van der Waals surface area (Å²) in [5.41, 5.74) is 0.672. The first-order valence-electron chi connectivity index (χ1n) is 7.17. The van der Waals surface area contributed by atoms with Gasteiger partial charge >= 0.3 is 6.36 Å². The number of piperidine rings is 1. The number of alkyl halides is 3. The average molecular weight is 316 g/mol. The minimum absolute atomic E-state index is 0.00978. The SMILES string of the molecule is CN[C@H]1CCCN(C(=O)Cc2ccc(OC(F)(F)F)cc2)C1. The fraction of sp³-hybridized carbons (Fsp3) is 0.533. The second-order valence-electron chi connectivity index (χ2n) is 5.34. The summed E-state index contributed by atoms with van der Waals surface area (Å²) in [5, 5.41) is 3.16. The van der Waals surface area contributed by atoms with Crippen molar-refractivity contribution >= 4 is 5.91 Å². The molecule has 1 N–H and O–H groups in total. The molecule has 1 amide bonds. The predicted molar refractivity (Wildman–Crippen MR) is 75.5 cm³/mol. The van der Waals surface area contributed by atoms with Crippen LogP contribution in [0, 0.1) is 0 Å². The number of halogens is 3. The Hall–Kier alpha value is -1.76. The van der Waals surface area contributed by atoms with Gasteiger partial charge in [0, 0.05) is 19.1 Å². The van der Waals surface area contributed by atoms with Gasteiger partial charge in [-0.3, -0.25) is 4.79 Å². The van der Waals surface area contributed by atoms with Crippen LogP contribution in [-0.4, -0.2) is 43.3 Å². The second-order valence-corrected chi connectivity index (χ2v) is 5.34. The third kappa shape index (κ3) is 4.91. The Kier molecular flexibility index (Phi) is 5.28. The number of ether oxygens (including phenoxy) is 1. The van der Waals surface area contributed by atoms with Crippen LogP contribution in [0.2, 0.25) is 0 Å². The molecule has 1 fully saturated rings. The lowest BCUT2D eigenvalue weighted by Gasteiger charge is -2.32. The molecule has 1 aromatic rings. The summed E-state index contributed by atoms with van der Waals surface area (Å²) in [4.78, 5) is 14.0. The standard InChI is InChI=1S/C15H19F3N2O2/c1-19-12-3-2-8-20(10-12)14(21)9-11-4-6-13(7-5-11)22-15(16,17)18/h4-7,12,19H,2-3,8-10H2,1H3/t12-/m0/s1. The molecule has 1 aliphatic heterocycles. The summed E-state index contributed by atoms with van der Waals surface area (Å²) in [6.45, 7) is 1.40. The van der Waals surface area contributed by atoms with Crippen molar-refractivity contribution in [1.29, 1.82) is 0 Å². The lowest BCUT2D eigenvalue weighted by atomic mass is 10.0. The summed E-state index contributed by atoms with van der Waals surface area (Å²) in [5.74, 6) is -0.290. The van der Waals surface area contributed by atoms with E-state index in [1.807, 2.05) is 7.05 Å². The van der Waals surface area contributed by atoms with E-state index < -0.39 is 6.36 Å². The highest BCUT2D eigenvalue weighted by Crippen LogP contribution is 2.23. The van der Waals surface area contributed by atoms with E-state index in [1.54, 1.807) is 4.90 Å². The second kappa shape index (κ2) is 7.00. The van der Waals surface area contributed by atoms with Crippen LogP contribution in [0.25, 0.3) is 0 Å². The fourth-order valence-electron chi connectivity index (χ4n) is 2.53. The number of benzene rings is 1. The van der Waals surface area contributed by atoms with Gasteiger partial charge in [0.2, 0.25) is 5.91 Å². The number of amides is 1. The molecule has 4 nitrogen and oxygen atoms in total. The molecule has 0 aromatic heterocycles. The van der Waals surface area contributed by atoms with Crippen molar-refractivity contribution in [2.45, 2.75) is 31.7 Å². The molecule has 7 heteroatoms. The molecule has 0 aliphatic carbocycles. The van der Waals surface area contributed by atoms with Crippen molar-refractivity contribution in [3.8, 4) is 5.75 Å². The highest BCUT2D eigenvalue weighted by molar-refractivity contribution is 5.79. The largest absolute Gasteiger partial charge is 0.573 e. The van der Waals surface area contributed by atoms with Gasteiger partial charge in [-0.05, 0) is 37.6 Å². The zero-order chi connectivity index (χ0) is 16.2. The maximum Gasteiger partial charge on any atom is 0.573 e. The number of carbonyl (C=O) groups excluding carboxylic acids is 1. The van der Waals surface area contributed by atoms with E-state index in [4.69, 9.17) is 0 Å². The summed E-state index contributed by atoms with van der Waals surface area (Å²) >= 11 is 0. The van der Waals surface area contributed by atoms with Gasteiger partial charge in [-0.15, -0.1) is 13.2 Å². The van der Waals surface area contributed by atoms with Gasteiger partial charge in [0.05, 0.1) is 6.42 Å². The minimum Gasteiger partial charge on any atom is -0.406 e. The third-order valence-electron chi connectivity index (χ3n) is 3.69. The van der Waals surface area contributed by atoms with Crippen molar-refractivity contribution in [2.24, 2.45) is 0 Å². The normalized spacial score (nSPS) is 19.1. The molecule has 1 atom stereocenters. The number of rotatable bonds is 4. The van der Waals surface area contributed by atoms with Crippen LogP contribution in [0.5, 0.6) is 5.75 Å². The van der Waals surface area contributed by atoms with Crippen LogP contribution >= 0.6 is 0 Å². The summed E-state index contributed by atoms with van der Waals surface area (Å²) in [7, 11) is 1.87. The quantitative estimate of drug-likeness (QED) is 0.927. The summed E-state index contributed by atoms with van der Waals surface area (Å²) < 4.78 is 40.0. The Bertz CT molecular complexity index is 503. The summed E-state index contributed by atoms with van der Waals surface area (Å²) in [6.07, 6.45) is -2.52. The molecule has 1 aliphatic rings. The number of hydrogen-bond donors (Lipinski definition) is 1. The fourth-order valence-corrected chi connectivity index (χ4v) is 2.53. The Morgan fingerprint density at radius 3 is 2.64 bits per heavy atom. The maximum atomic E-state index is 12.2. The molecule has 122 valence electrons. The van der Waals surface area contributed by atoms with Crippen LogP contribution in [0.4, 0.5) is 13.2 Å². The molecule has 0 radical (unpaired) electrons. The van der Waals surface area contributed by atoms with Gasteiger partial charge in [-0.1, -0.05) is 12.1 Å². The Balaban J connectivity index is 1.91. The zero-order valence-electron chi connectivity index (χ0n) is 12.3. The Labute approximate surface area is 127 Å². The third-order valence-corrected chi connectivity index (χ3v) is 3.69. The first kappa shape index (κ1) is 16.6. The number of hydrogen-bond acceptors (Lipinski definition) is 3. The number of likely N-dealkylation sites (N-methyl/N-ethyl adjacent to an activating group) is 1. The molecule has 2 rings (SSSR count). The predicted octanol–water partition coefficient (Wildman–Crippen LogP) is 2.34. The Morgan fingerprint density at radius 1 is 1.36 bits per heavy atom. The smallest absolute Gasteiger partial charge is 0.406 e. The van der Waals surface area contributed by atoms with Gasteiger partial charge in [0.1, 0.15) is 5.75 Å². The van der Waals surface area contributed by atoms with E-state index in [0.717, 1.165) is 19.4 Å². The van der Waals surface area contributed by atoms with Crippen molar-refractivity contribution in [3.63, 3.8) is 0 Å². The Morgan fingerprint density at radius 2 is 2.05 bits per heavy atom. The van der Waals surface area contributed by atoms with E-state index in [9.17, 15) is 18.0 Å². The number of nitrogens with zero attached hydrogens (tertiary/aromatic N) is 1. The van der Waals surface area contributed by atoms with Crippen molar-refractivity contribution in [3.05, 3.63) is 29.8 Å². The van der Waals surface area contributed by atoms with E-state index in [0.29, 0.717) is 18.2 Å². The van der Waals surface area contributed by atoms with E-state index >= 15 is 0 Å². The van der Waals surface area contributed by atoms with Crippen LogP contribution in [-0.2, 0) is 11.2 Å². The molecule has 22 heavy (non-hydrogen) atoms. The molecule has 0 spiro atoms. The molecule has 1 saturated heterocycles. The molecular weight excluding hydrogens is 297 g/mol. The lowest BCUT2D eigenvalue weighted by Crippen LogP contribution is -2.47. The minimum atomic E-state index is -4.70. The summed E-state index contributed by atoms with van der Waals surface area (Å²) in [6, 6.07) is 5.72. The van der Waals surface area contributed by atoms with Crippen LogP contribution < -0.4 is 10.1 Å². The number of likely N-dealkylation sites (tertiary alicyclic amines) is 1. The molecule has 0 saturated carbocycles. The van der Waals surface area contributed by atoms with Crippen molar-refractivity contribution < 1.29 is 22.7 Å². The number of carbonyl (C=O) groups is 1. The molecule has 0 bridgehead atoms. The van der Waals surface area contributed by atoms with E-state index in [-0.39, 0.29) is 18.1 Å². The number of nitrogens with one attached hydrogen (secondary N) is 1. The highest BCUT2D eigenvalue weighted by atomic mass is 19.4. The monoisotopic (exact) mass is 316 g/mol. The van der Waals surface area contributed by atoms with Crippen LogP contribution in [0.1, 0.15) is 18.4 Å². The molecule has 1 heterocycles. The topological polar surface area (TPSA) is 41.6 Å². The molecule has 0 unspecified atom stereocenters. The van der Waals surface area contributed by atoms with Gasteiger partial charge < -0.3 is 15.0 Å². The van der Waals surface area contributed by atoms with Crippen molar-refractivity contribution in [2.75, 3.05) is 20.1 Å². The van der Waals surface area contributed by atoms with Crippen molar-refractivity contribution in [1.82, 2.24) is 10.2 Å². The average Bonchev–Trinajstić information content (AvgIpc) is 2.48. The van der Waals surface area contributed by atoms with Gasteiger partial charge in [0.25, 0.3) is 0 Å². The van der Waals surface area contributed by atoms with Crippen LogP contribution in [0.3, 0.4) is 0 Å². The highest BCUT2D eigenvalue weighted by Gasteiger charge is 2.31. The van der Waals surface area contributed by atoms with E-state index in [1.165, 1.54) is 24.3 Å². The van der Waals surface area contributed by atoms with Gasteiger partial charge in [-0.2, -0.15) is 0 Å². The van der Waals surface area contributed by atoms with Crippen LogP contribution in [0.15, 0.2) is 24.3 Å². The van der Waals surface area contributed by atoms with E-state index in [2.05, 4.69) is 10.1 Å². The zero-order valence-corrected chi connectivity index (χ0v) is 12.3. The van der Waals surface area contributed by atoms with Gasteiger partial charge in [-0.25, -0.2) is 0 Å². The first-order chi connectivity index (χ1) is 10.4. The van der Waals surface area contributed by atoms with Gasteiger partial charge in [0.15, 0.2) is 0 Å². The lowest BCUT2D eigenvalue weighted by molar-refractivity contribution is -0.274. The molecule has 1 aromatic carbocycles. The maximum absolute atomic E-state index is 12.2.